The molecular weight excluding hydrogens is 212 g/mol. The third-order valence-corrected chi connectivity index (χ3v) is 2.81. The second-order valence-electron chi connectivity index (χ2n) is 4.50. The van der Waals surface area contributed by atoms with E-state index >= 15 is 0 Å². The van der Waals surface area contributed by atoms with E-state index in [1.807, 2.05) is 30.3 Å². The minimum Gasteiger partial charge on any atom is -0.356 e. The fourth-order valence-corrected chi connectivity index (χ4v) is 1.64. The van der Waals surface area contributed by atoms with Crippen LogP contribution in [0.3, 0.4) is 0 Å². The molecule has 0 aromatic heterocycles. The molecule has 0 fully saturated rings. The molecule has 1 rings (SSSR count). The number of benzene rings is 1. The molecule has 3 nitrogen and oxygen atoms in total. The van der Waals surface area contributed by atoms with Crippen LogP contribution < -0.4 is 11.1 Å². The number of hydrogen-bond donors (Lipinski definition) is 2. The summed E-state index contributed by atoms with van der Waals surface area (Å²) < 4.78 is 0. The van der Waals surface area contributed by atoms with E-state index in [0.29, 0.717) is 12.3 Å². The first-order valence-corrected chi connectivity index (χ1v) is 6.23. The third kappa shape index (κ3) is 6.07. The molecule has 0 radical (unpaired) electrons. The number of carbonyl (C=O) groups excluding carboxylic acids is 1. The maximum atomic E-state index is 11.6. The van der Waals surface area contributed by atoms with Gasteiger partial charge in [-0.05, 0) is 30.9 Å². The van der Waals surface area contributed by atoms with Crippen LogP contribution in [0.2, 0.25) is 0 Å². The largest absolute Gasteiger partial charge is 0.356 e. The van der Waals surface area contributed by atoms with E-state index in [-0.39, 0.29) is 5.91 Å². The quantitative estimate of drug-likeness (QED) is 0.706. The van der Waals surface area contributed by atoms with Crippen LogP contribution >= 0.6 is 0 Å². The molecule has 17 heavy (non-hydrogen) atoms. The fourth-order valence-electron chi connectivity index (χ4n) is 1.64. The first kappa shape index (κ1) is 13.7. The Morgan fingerprint density at radius 3 is 2.71 bits per heavy atom. The van der Waals surface area contributed by atoms with Gasteiger partial charge in [0.05, 0.1) is 6.42 Å². The van der Waals surface area contributed by atoms with Gasteiger partial charge in [0, 0.05) is 6.54 Å². The smallest absolute Gasteiger partial charge is 0.224 e. The Labute approximate surface area is 103 Å². The van der Waals surface area contributed by atoms with Crippen molar-refractivity contribution >= 4 is 5.91 Å². The summed E-state index contributed by atoms with van der Waals surface area (Å²) in [6, 6.07) is 9.79. The van der Waals surface area contributed by atoms with Gasteiger partial charge < -0.3 is 11.1 Å². The molecule has 0 heterocycles. The van der Waals surface area contributed by atoms with Crippen LogP contribution in [0.1, 0.15) is 25.3 Å². The van der Waals surface area contributed by atoms with Gasteiger partial charge in [-0.15, -0.1) is 0 Å². The summed E-state index contributed by atoms with van der Waals surface area (Å²) in [5.41, 5.74) is 6.58. The number of hydrogen-bond acceptors (Lipinski definition) is 2. The molecule has 0 saturated carbocycles. The number of rotatable bonds is 7. The summed E-state index contributed by atoms with van der Waals surface area (Å²) in [4.78, 5) is 11.6. The zero-order chi connectivity index (χ0) is 12.5. The third-order valence-electron chi connectivity index (χ3n) is 2.81. The molecular formula is C14H22N2O. The van der Waals surface area contributed by atoms with Crippen LogP contribution in [0, 0.1) is 5.92 Å². The van der Waals surface area contributed by atoms with Crippen molar-refractivity contribution in [2.75, 3.05) is 13.1 Å². The topological polar surface area (TPSA) is 55.1 Å². The monoisotopic (exact) mass is 234 g/mol. The fraction of sp³-hybridized carbons (Fsp3) is 0.500. The van der Waals surface area contributed by atoms with Crippen LogP contribution in [0.25, 0.3) is 0 Å². The van der Waals surface area contributed by atoms with Crippen molar-refractivity contribution in [2.45, 2.75) is 26.2 Å². The molecule has 0 aliphatic rings. The van der Waals surface area contributed by atoms with E-state index in [0.717, 1.165) is 31.5 Å². The highest BCUT2D eigenvalue weighted by Gasteiger charge is 2.03. The second kappa shape index (κ2) is 7.85. The van der Waals surface area contributed by atoms with Gasteiger partial charge in [-0.1, -0.05) is 37.3 Å². The van der Waals surface area contributed by atoms with Gasteiger partial charge in [0.1, 0.15) is 0 Å². The van der Waals surface area contributed by atoms with Crippen LogP contribution in [-0.2, 0) is 11.2 Å². The molecule has 1 aromatic carbocycles. The van der Waals surface area contributed by atoms with Crippen molar-refractivity contribution < 1.29 is 4.79 Å². The Morgan fingerprint density at radius 2 is 2.06 bits per heavy atom. The lowest BCUT2D eigenvalue weighted by atomic mass is 10.1. The molecule has 0 saturated heterocycles. The molecule has 1 amide bonds. The highest BCUT2D eigenvalue weighted by atomic mass is 16.1. The SMILES string of the molecule is CC(CN)CCCNC(=O)Cc1ccccc1. The van der Waals surface area contributed by atoms with Gasteiger partial charge in [0.2, 0.25) is 5.91 Å². The number of nitrogens with two attached hydrogens (primary N) is 1. The van der Waals surface area contributed by atoms with E-state index in [2.05, 4.69) is 12.2 Å². The molecule has 0 bridgehead atoms. The van der Waals surface area contributed by atoms with Crippen LogP contribution in [0.15, 0.2) is 30.3 Å². The van der Waals surface area contributed by atoms with Crippen LogP contribution in [0.4, 0.5) is 0 Å². The summed E-state index contributed by atoms with van der Waals surface area (Å²) in [5.74, 6) is 0.637. The summed E-state index contributed by atoms with van der Waals surface area (Å²) >= 11 is 0. The van der Waals surface area contributed by atoms with Crippen molar-refractivity contribution in [1.82, 2.24) is 5.32 Å². The molecule has 1 unspecified atom stereocenters. The number of amides is 1. The lowest BCUT2D eigenvalue weighted by Crippen LogP contribution is -2.26. The van der Waals surface area contributed by atoms with Crippen molar-refractivity contribution in [3.05, 3.63) is 35.9 Å². The Balaban J connectivity index is 2.14. The first-order valence-electron chi connectivity index (χ1n) is 6.23. The average molecular weight is 234 g/mol. The van der Waals surface area contributed by atoms with Gasteiger partial charge in [0.25, 0.3) is 0 Å². The van der Waals surface area contributed by atoms with Crippen molar-refractivity contribution in [2.24, 2.45) is 11.7 Å². The predicted octanol–water partition coefficient (Wildman–Crippen LogP) is 1.72. The average Bonchev–Trinajstić information content (AvgIpc) is 2.35. The highest BCUT2D eigenvalue weighted by Crippen LogP contribution is 2.02. The molecule has 94 valence electrons. The molecule has 3 N–H and O–H groups in total. The van der Waals surface area contributed by atoms with Crippen LogP contribution in [0.5, 0.6) is 0 Å². The molecule has 1 atom stereocenters. The van der Waals surface area contributed by atoms with Gasteiger partial charge >= 0.3 is 0 Å². The summed E-state index contributed by atoms with van der Waals surface area (Å²) in [6.45, 7) is 3.60. The minimum atomic E-state index is 0.0941. The Morgan fingerprint density at radius 1 is 1.35 bits per heavy atom. The van der Waals surface area contributed by atoms with Crippen molar-refractivity contribution in [3.63, 3.8) is 0 Å². The van der Waals surface area contributed by atoms with Gasteiger partial charge in [-0.3, -0.25) is 4.79 Å². The predicted molar refractivity (Wildman–Crippen MR) is 70.6 cm³/mol. The lowest BCUT2D eigenvalue weighted by molar-refractivity contribution is -0.120. The Bertz CT molecular complexity index is 324. The van der Waals surface area contributed by atoms with Crippen LogP contribution in [-0.4, -0.2) is 19.0 Å². The van der Waals surface area contributed by atoms with Crippen molar-refractivity contribution in [1.29, 1.82) is 0 Å². The minimum absolute atomic E-state index is 0.0941. The summed E-state index contributed by atoms with van der Waals surface area (Å²) in [6.07, 6.45) is 2.54. The maximum Gasteiger partial charge on any atom is 0.224 e. The molecule has 1 aromatic rings. The number of carbonyl (C=O) groups is 1. The van der Waals surface area contributed by atoms with Gasteiger partial charge in [-0.25, -0.2) is 0 Å². The summed E-state index contributed by atoms with van der Waals surface area (Å²) in [7, 11) is 0. The number of nitrogens with one attached hydrogen (secondary N) is 1. The maximum absolute atomic E-state index is 11.6. The molecule has 0 aliphatic carbocycles. The van der Waals surface area contributed by atoms with E-state index in [4.69, 9.17) is 5.73 Å². The second-order valence-corrected chi connectivity index (χ2v) is 4.50. The standard InChI is InChI=1S/C14H22N2O/c1-12(11-15)6-5-9-16-14(17)10-13-7-3-2-4-8-13/h2-4,7-8,12H,5-6,9-11,15H2,1H3,(H,16,17). The van der Waals surface area contributed by atoms with E-state index in [9.17, 15) is 4.79 Å². The van der Waals surface area contributed by atoms with Crippen molar-refractivity contribution in [3.8, 4) is 0 Å². The zero-order valence-corrected chi connectivity index (χ0v) is 10.5. The molecule has 3 heteroatoms. The Hall–Kier alpha value is -1.35. The Kier molecular flexibility index (Phi) is 6.33. The van der Waals surface area contributed by atoms with Gasteiger partial charge in [-0.2, -0.15) is 0 Å². The normalized spacial score (nSPS) is 12.1. The zero-order valence-electron chi connectivity index (χ0n) is 10.5. The van der Waals surface area contributed by atoms with E-state index in [1.165, 1.54) is 0 Å². The van der Waals surface area contributed by atoms with E-state index in [1.54, 1.807) is 0 Å². The highest BCUT2D eigenvalue weighted by molar-refractivity contribution is 5.78. The first-order chi connectivity index (χ1) is 8.22. The lowest BCUT2D eigenvalue weighted by Gasteiger charge is -2.08. The summed E-state index contributed by atoms with van der Waals surface area (Å²) in [5, 5.41) is 2.93. The molecule has 0 aliphatic heterocycles. The van der Waals surface area contributed by atoms with Gasteiger partial charge in [0.15, 0.2) is 0 Å². The molecule has 0 spiro atoms. The van der Waals surface area contributed by atoms with E-state index < -0.39 is 0 Å².